The van der Waals surface area contributed by atoms with Crippen LogP contribution in [0.1, 0.15) is 40.5 Å². The summed E-state index contributed by atoms with van der Waals surface area (Å²) in [5, 5.41) is 21.6. The molecule has 0 rings (SSSR count). The minimum absolute atomic E-state index is 0.0294. The van der Waals surface area contributed by atoms with Crippen molar-refractivity contribution in [2.24, 2.45) is 5.41 Å². The number of amides is 1. The molecule has 0 aliphatic rings. The molecule has 4 nitrogen and oxygen atoms in total. The molecule has 0 heterocycles. The molecule has 17 heavy (non-hydrogen) atoms. The Hall–Kier alpha value is -0.870. The number of hydrogen-bond donors (Lipinski definition) is 3. The van der Waals surface area contributed by atoms with Gasteiger partial charge in [0.25, 0.3) is 0 Å². The van der Waals surface area contributed by atoms with Crippen molar-refractivity contribution in [1.82, 2.24) is 5.32 Å². The molecule has 0 fully saturated rings. The normalized spacial score (nSPS) is 17.1. The average Bonchev–Trinajstić information content (AvgIpc) is 2.13. The first-order valence-electron chi connectivity index (χ1n) is 5.86. The van der Waals surface area contributed by atoms with Crippen LogP contribution < -0.4 is 5.32 Å². The third-order valence-corrected chi connectivity index (χ3v) is 2.40. The highest BCUT2D eigenvalue weighted by molar-refractivity contribution is 5.77. The van der Waals surface area contributed by atoms with Gasteiger partial charge < -0.3 is 15.5 Å². The second-order valence-corrected chi connectivity index (χ2v) is 5.95. The van der Waals surface area contributed by atoms with Crippen molar-refractivity contribution in [3.8, 4) is 0 Å². The van der Waals surface area contributed by atoms with Gasteiger partial charge in [0.2, 0.25) is 5.91 Å². The SMILES string of the molecule is C=CC(C)(O)CC(=O)NC(CO)CC(C)(C)C. The van der Waals surface area contributed by atoms with E-state index < -0.39 is 5.60 Å². The summed E-state index contributed by atoms with van der Waals surface area (Å²) in [5.74, 6) is -0.279. The van der Waals surface area contributed by atoms with E-state index in [1.165, 1.54) is 13.0 Å². The molecule has 0 saturated carbocycles. The third-order valence-electron chi connectivity index (χ3n) is 2.40. The van der Waals surface area contributed by atoms with Crippen LogP contribution in [0.4, 0.5) is 0 Å². The monoisotopic (exact) mass is 243 g/mol. The van der Waals surface area contributed by atoms with Crippen LogP contribution in [0.3, 0.4) is 0 Å². The van der Waals surface area contributed by atoms with Gasteiger partial charge >= 0.3 is 0 Å². The van der Waals surface area contributed by atoms with Crippen molar-refractivity contribution in [1.29, 1.82) is 0 Å². The van der Waals surface area contributed by atoms with E-state index in [0.29, 0.717) is 6.42 Å². The molecule has 0 aromatic rings. The summed E-state index contributed by atoms with van der Waals surface area (Å²) in [6, 6.07) is -0.275. The molecule has 4 heteroatoms. The topological polar surface area (TPSA) is 69.6 Å². The van der Waals surface area contributed by atoms with Crippen LogP contribution in [-0.4, -0.2) is 34.4 Å². The van der Waals surface area contributed by atoms with Gasteiger partial charge in [-0.05, 0) is 18.8 Å². The lowest BCUT2D eigenvalue weighted by Gasteiger charge is -2.26. The van der Waals surface area contributed by atoms with Crippen molar-refractivity contribution in [2.75, 3.05) is 6.61 Å². The first-order chi connectivity index (χ1) is 7.59. The predicted molar refractivity (Wildman–Crippen MR) is 68.5 cm³/mol. The molecule has 0 aromatic carbocycles. The van der Waals surface area contributed by atoms with Crippen LogP contribution in [0.5, 0.6) is 0 Å². The maximum Gasteiger partial charge on any atom is 0.223 e. The zero-order valence-corrected chi connectivity index (χ0v) is 11.3. The van der Waals surface area contributed by atoms with Crippen LogP contribution in [0.2, 0.25) is 0 Å². The van der Waals surface area contributed by atoms with Gasteiger partial charge in [0.15, 0.2) is 0 Å². The Kier molecular flexibility index (Phi) is 5.85. The molecular formula is C13H25NO3. The summed E-state index contributed by atoms with van der Waals surface area (Å²) in [6.07, 6.45) is 1.98. The van der Waals surface area contributed by atoms with E-state index in [9.17, 15) is 15.0 Å². The fourth-order valence-corrected chi connectivity index (χ4v) is 1.58. The maximum absolute atomic E-state index is 11.6. The number of carbonyl (C=O) groups excluding carboxylic acids is 1. The standard InChI is InChI=1S/C13H25NO3/c1-6-13(5,17)8-11(16)14-10(9-15)7-12(2,3)4/h6,10,15,17H,1,7-9H2,2-5H3,(H,14,16). The summed E-state index contributed by atoms with van der Waals surface area (Å²) in [4.78, 5) is 11.6. The van der Waals surface area contributed by atoms with Crippen LogP contribution in [0.25, 0.3) is 0 Å². The average molecular weight is 243 g/mol. The van der Waals surface area contributed by atoms with Gasteiger partial charge in [0.05, 0.1) is 24.7 Å². The predicted octanol–water partition coefficient (Wildman–Crippen LogP) is 1.23. The molecular weight excluding hydrogens is 218 g/mol. The highest BCUT2D eigenvalue weighted by atomic mass is 16.3. The molecule has 0 aromatic heterocycles. The van der Waals surface area contributed by atoms with Crippen molar-refractivity contribution in [3.05, 3.63) is 12.7 Å². The maximum atomic E-state index is 11.6. The molecule has 2 unspecified atom stereocenters. The number of rotatable bonds is 6. The van der Waals surface area contributed by atoms with Crippen molar-refractivity contribution >= 4 is 5.91 Å². The quantitative estimate of drug-likeness (QED) is 0.614. The first-order valence-corrected chi connectivity index (χ1v) is 5.86. The van der Waals surface area contributed by atoms with Crippen molar-refractivity contribution < 1.29 is 15.0 Å². The summed E-state index contributed by atoms with van der Waals surface area (Å²) in [7, 11) is 0. The van der Waals surface area contributed by atoms with E-state index in [1.807, 2.05) is 20.8 Å². The molecule has 0 aliphatic heterocycles. The lowest BCUT2D eigenvalue weighted by Crippen LogP contribution is -2.42. The summed E-state index contributed by atoms with van der Waals surface area (Å²) in [6.45, 7) is 11.0. The largest absolute Gasteiger partial charge is 0.394 e. The number of hydrogen-bond acceptors (Lipinski definition) is 3. The lowest BCUT2D eigenvalue weighted by atomic mass is 9.88. The lowest BCUT2D eigenvalue weighted by molar-refractivity contribution is -0.125. The van der Waals surface area contributed by atoms with Crippen LogP contribution in [-0.2, 0) is 4.79 Å². The Morgan fingerprint density at radius 3 is 2.29 bits per heavy atom. The van der Waals surface area contributed by atoms with Gasteiger partial charge in [-0.15, -0.1) is 6.58 Å². The highest BCUT2D eigenvalue weighted by Crippen LogP contribution is 2.21. The third kappa shape index (κ3) is 7.94. The molecule has 0 bridgehead atoms. The molecule has 0 spiro atoms. The second-order valence-electron chi connectivity index (χ2n) is 5.95. The van der Waals surface area contributed by atoms with E-state index in [0.717, 1.165) is 0 Å². The van der Waals surface area contributed by atoms with Gasteiger partial charge in [0.1, 0.15) is 0 Å². The van der Waals surface area contributed by atoms with E-state index >= 15 is 0 Å². The van der Waals surface area contributed by atoms with Gasteiger partial charge in [-0.25, -0.2) is 0 Å². The van der Waals surface area contributed by atoms with Crippen molar-refractivity contribution in [2.45, 2.75) is 52.2 Å². The molecule has 100 valence electrons. The van der Waals surface area contributed by atoms with Crippen LogP contribution in [0, 0.1) is 5.41 Å². The van der Waals surface area contributed by atoms with E-state index in [4.69, 9.17) is 0 Å². The molecule has 0 saturated heterocycles. The second kappa shape index (κ2) is 6.17. The van der Waals surface area contributed by atoms with Gasteiger partial charge in [0, 0.05) is 0 Å². The summed E-state index contributed by atoms with van der Waals surface area (Å²) >= 11 is 0. The van der Waals surface area contributed by atoms with Gasteiger partial charge in [-0.3, -0.25) is 4.79 Å². The Balaban J connectivity index is 4.30. The molecule has 3 N–H and O–H groups in total. The van der Waals surface area contributed by atoms with E-state index in [-0.39, 0.29) is 30.4 Å². The smallest absolute Gasteiger partial charge is 0.223 e. The Morgan fingerprint density at radius 2 is 1.94 bits per heavy atom. The van der Waals surface area contributed by atoms with Crippen LogP contribution >= 0.6 is 0 Å². The molecule has 0 radical (unpaired) electrons. The highest BCUT2D eigenvalue weighted by Gasteiger charge is 2.24. The van der Waals surface area contributed by atoms with E-state index in [2.05, 4.69) is 11.9 Å². The number of aliphatic hydroxyl groups excluding tert-OH is 1. The Bertz CT molecular complexity index is 266. The molecule has 1 amide bonds. The minimum atomic E-state index is -1.20. The van der Waals surface area contributed by atoms with Crippen molar-refractivity contribution in [3.63, 3.8) is 0 Å². The van der Waals surface area contributed by atoms with Gasteiger partial charge in [-0.1, -0.05) is 26.8 Å². The number of carbonyl (C=O) groups is 1. The molecule has 0 aliphatic carbocycles. The fourth-order valence-electron chi connectivity index (χ4n) is 1.58. The van der Waals surface area contributed by atoms with E-state index in [1.54, 1.807) is 0 Å². The zero-order valence-electron chi connectivity index (χ0n) is 11.3. The first kappa shape index (κ1) is 16.1. The zero-order chi connectivity index (χ0) is 13.7. The Labute approximate surface area is 104 Å². The number of nitrogens with one attached hydrogen (secondary N) is 1. The fraction of sp³-hybridized carbons (Fsp3) is 0.769. The summed E-state index contributed by atoms with van der Waals surface area (Å²) in [5.41, 5.74) is -1.17. The summed E-state index contributed by atoms with van der Waals surface area (Å²) < 4.78 is 0. The Morgan fingerprint density at radius 1 is 1.41 bits per heavy atom. The number of aliphatic hydroxyl groups is 2. The minimum Gasteiger partial charge on any atom is -0.394 e. The van der Waals surface area contributed by atoms with Gasteiger partial charge in [-0.2, -0.15) is 0 Å². The van der Waals surface area contributed by atoms with Crippen LogP contribution in [0.15, 0.2) is 12.7 Å². The molecule has 2 atom stereocenters.